The average molecular weight is 259 g/mol. The van der Waals surface area contributed by atoms with E-state index < -0.39 is 6.10 Å². The maximum Gasteiger partial charge on any atom is 0.248 e. The highest BCUT2D eigenvalue weighted by molar-refractivity contribution is 5.79. The third-order valence-electron chi connectivity index (χ3n) is 2.75. The van der Waals surface area contributed by atoms with E-state index in [2.05, 4.69) is 10.4 Å². The molecule has 0 aliphatic heterocycles. The number of hydrogen-bond donors (Lipinski definition) is 2. The Labute approximate surface area is 111 Å². The average Bonchev–Trinajstić information content (AvgIpc) is 2.88. The zero-order valence-electron chi connectivity index (χ0n) is 10.8. The predicted molar refractivity (Wildman–Crippen MR) is 72.0 cm³/mol. The SMILES string of the molecule is CC(O)C(=O)NCCc1cnn(-c2ccccc2)c1. The van der Waals surface area contributed by atoms with Gasteiger partial charge in [0.15, 0.2) is 0 Å². The third-order valence-corrected chi connectivity index (χ3v) is 2.75. The molecule has 5 heteroatoms. The highest BCUT2D eigenvalue weighted by Gasteiger charge is 2.07. The molecule has 19 heavy (non-hydrogen) atoms. The molecule has 100 valence electrons. The lowest BCUT2D eigenvalue weighted by Crippen LogP contribution is -2.33. The van der Waals surface area contributed by atoms with Crippen molar-refractivity contribution in [2.24, 2.45) is 0 Å². The van der Waals surface area contributed by atoms with Gasteiger partial charge < -0.3 is 10.4 Å². The maximum atomic E-state index is 11.2. The first-order valence-corrected chi connectivity index (χ1v) is 6.21. The highest BCUT2D eigenvalue weighted by Crippen LogP contribution is 2.07. The summed E-state index contributed by atoms with van der Waals surface area (Å²) in [5, 5.41) is 16.0. The molecule has 0 bridgehead atoms. The number of rotatable bonds is 5. The Morgan fingerprint density at radius 3 is 2.84 bits per heavy atom. The minimum Gasteiger partial charge on any atom is -0.384 e. The van der Waals surface area contributed by atoms with Crippen molar-refractivity contribution in [3.05, 3.63) is 48.3 Å². The predicted octanol–water partition coefficient (Wildman–Crippen LogP) is 0.912. The topological polar surface area (TPSA) is 67.2 Å². The second kappa shape index (κ2) is 6.15. The molecule has 1 aromatic carbocycles. The minimum absolute atomic E-state index is 0.351. The van der Waals surface area contributed by atoms with Crippen LogP contribution < -0.4 is 5.32 Å². The highest BCUT2D eigenvalue weighted by atomic mass is 16.3. The van der Waals surface area contributed by atoms with Gasteiger partial charge in [0.1, 0.15) is 6.10 Å². The number of para-hydroxylation sites is 1. The normalized spacial score (nSPS) is 12.1. The van der Waals surface area contributed by atoms with Gasteiger partial charge in [0, 0.05) is 12.7 Å². The van der Waals surface area contributed by atoms with Crippen LogP contribution in [0.15, 0.2) is 42.7 Å². The van der Waals surface area contributed by atoms with Gasteiger partial charge in [-0.3, -0.25) is 4.79 Å². The van der Waals surface area contributed by atoms with E-state index in [4.69, 9.17) is 5.11 Å². The van der Waals surface area contributed by atoms with Crippen molar-refractivity contribution in [3.63, 3.8) is 0 Å². The zero-order valence-corrected chi connectivity index (χ0v) is 10.8. The Balaban J connectivity index is 1.90. The van der Waals surface area contributed by atoms with Crippen molar-refractivity contribution in [2.45, 2.75) is 19.4 Å². The maximum absolute atomic E-state index is 11.2. The van der Waals surface area contributed by atoms with Crippen LogP contribution in [0.25, 0.3) is 5.69 Å². The lowest BCUT2D eigenvalue weighted by molar-refractivity contribution is -0.128. The molecule has 2 aromatic rings. The zero-order chi connectivity index (χ0) is 13.7. The summed E-state index contributed by atoms with van der Waals surface area (Å²) in [5.41, 5.74) is 2.04. The molecule has 1 unspecified atom stereocenters. The van der Waals surface area contributed by atoms with Gasteiger partial charge in [0.2, 0.25) is 5.91 Å². The van der Waals surface area contributed by atoms with Gasteiger partial charge in [0.25, 0.3) is 0 Å². The Morgan fingerprint density at radius 1 is 1.42 bits per heavy atom. The number of aliphatic hydroxyl groups excluding tert-OH is 1. The summed E-state index contributed by atoms with van der Waals surface area (Å²) in [6.45, 7) is 1.94. The van der Waals surface area contributed by atoms with E-state index in [-0.39, 0.29) is 5.91 Å². The van der Waals surface area contributed by atoms with Crippen LogP contribution in [-0.4, -0.2) is 33.4 Å². The van der Waals surface area contributed by atoms with Crippen molar-refractivity contribution in [2.75, 3.05) is 6.54 Å². The molecule has 1 heterocycles. The van der Waals surface area contributed by atoms with E-state index in [0.717, 1.165) is 11.3 Å². The molecule has 2 N–H and O–H groups in total. The van der Waals surface area contributed by atoms with Crippen molar-refractivity contribution in [3.8, 4) is 5.69 Å². The van der Waals surface area contributed by atoms with Crippen molar-refractivity contribution < 1.29 is 9.90 Å². The molecule has 2 rings (SSSR count). The van der Waals surface area contributed by atoms with E-state index in [9.17, 15) is 4.79 Å². The fourth-order valence-electron chi connectivity index (χ4n) is 1.69. The summed E-state index contributed by atoms with van der Waals surface area (Å²) in [6.07, 6.45) is 3.43. The standard InChI is InChI=1S/C14H17N3O2/c1-11(18)14(19)15-8-7-12-9-16-17(10-12)13-5-3-2-4-6-13/h2-6,9-11,18H,7-8H2,1H3,(H,15,19). The smallest absolute Gasteiger partial charge is 0.248 e. The van der Waals surface area contributed by atoms with E-state index in [1.54, 1.807) is 10.9 Å². The van der Waals surface area contributed by atoms with Gasteiger partial charge >= 0.3 is 0 Å². The molecular formula is C14H17N3O2. The molecule has 0 aliphatic carbocycles. The molecule has 1 amide bonds. The molecule has 0 spiro atoms. The van der Waals surface area contributed by atoms with E-state index in [1.165, 1.54) is 6.92 Å². The molecular weight excluding hydrogens is 242 g/mol. The summed E-state index contributed by atoms with van der Waals surface area (Å²) in [7, 11) is 0. The van der Waals surface area contributed by atoms with Gasteiger partial charge in [-0.1, -0.05) is 18.2 Å². The van der Waals surface area contributed by atoms with Crippen LogP contribution >= 0.6 is 0 Å². The molecule has 5 nitrogen and oxygen atoms in total. The number of benzene rings is 1. The second-order valence-electron chi connectivity index (χ2n) is 4.35. The molecule has 1 aromatic heterocycles. The summed E-state index contributed by atoms with van der Waals surface area (Å²) >= 11 is 0. The van der Waals surface area contributed by atoms with E-state index >= 15 is 0 Å². The third kappa shape index (κ3) is 3.66. The number of aliphatic hydroxyl groups is 1. The molecule has 0 radical (unpaired) electrons. The van der Waals surface area contributed by atoms with E-state index in [1.807, 2.05) is 36.5 Å². The summed E-state index contributed by atoms with van der Waals surface area (Å²) in [6, 6.07) is 9.83. The molecule has 0 saturated heterocycles. The van der Waals surface area contributed by atoms with Crippen molar-refractivity contribution in [1.29, 1.82) is 0 Å². The first-order chi connectivity index (χ1) is 9.16. The minimum atomic E-state index is -0.966. The molecule has 0 aliphatic rings. The number of amides is 1. The number of nitrogens with one attached hydrogen (secondary N) is 1. The number of nitrogens with zero attached hydrogens (tertiary/aromatic N) is 2. The number of carbonyl (C=O) groups is 1. The first kappa shape index (κ1) is 13.3. The van der Waals surface area contributed by atoms with Crippen LogP contribution in [0, 0.1) is 0 Å². The number of hydrogen-bond acceptors (Lipinski definition) is 3. The summed E-state index contributed by atoms with van der Waals surface area (Å²) in [4.78, 5) is 11.2. The lowest BCUT2D eigenvalue weighted by Gasteiger charge is -2.05. The first-order valence-electron chi connectivity index (χ1n) is 6.21. The second-order valence-corrected chi connectivity index (χ2v) is 4.35. The lowest BCUT2D eigenvalue weighted by atomic mass is 10.2. The molecule has 1 atom stereocenters. The van der Waals surface area contributed by atoms with Crippen LogP contribution in [0.3, 0.4) is 0 Å². The monoisotopic (exact) mass is 259 g/mol. The van der Waals surface area contributed by atoms with Gasteiger partial charge in [-0.25, -0.2) is 4.68 Å². The number of carbonyl (C=O) groups excluding carboxylic acids is 1. The van der Waals surface area contributed by atoms with Gasteiger partial charge in [-0.15, -0.1) is 0 Å². The fourth-order valence-corrected chi connectivity index (χ4v) is 1.69. The van der Waals surface area contributed by atoms with E-state index in [0.29, 0.717) is 13.0 Å². The van der Waals surface area contributed by atoms with Gasteiger partial charge in [-0.2, -0.15) is 5.10 Å². The number of aromatic nitrogens is 2. The largest absolute Gasteiger partial charge is 0.384 e. The van der Waals surface area contributed by atoms with Crippen LogP contribution in [0.5, 0.6) is 0 Å². The van der Waals surface area contributed by atoms with Crippen molar-refractivity contribution >= 4 is 5.91 Å². The Bertz CT molecular complexity index is 535. The fraction of sp³-hybridized carbons (Fsp3) is 0.286. The van der Waals surface area contributed by atoms with Gasteiger partial charge in [-0.05, 0) is 31.0 Å². The van der Waals surface area contributed by atoms with Crippen LogP contribution in [-0.2, 0) is 11.2 Å². The Morgan fingerprint density at radius 2 is 2.16 bits per heavy atom. The summed E-state index contributed by atoms with van der Waals surface area (Å²) in [5.74, 6) is -0.351. The summed E-state index contributed by atoms with van der Waals surface area (Å²) < 4.78 is 1.80. The van der Waals surface area contributed by atoms with Gasteiger partial charge in [0.05, 0.1) is 11.9 Å². The van der Waals surface area contributed by atoms with Crippen LogP contribution in [0.2, 0.25) is 0 Å². The Kier molecular flexibility index (Phi) is 4.30. The Hall–Kier alpha value is -2.14. The van der Waals surface area contributed by atoms with Crippen LogP contribution in [0.4, 0.5) is 0 Å². The molecule has 0 fully saturated rings. The molecule has 0 saturated carbocycles. The van der Waals surface area contributed by atoms with Crippen LogP contribution in [0.1, 0.15) is 12.5 Å². The van der Waals surface area contributed by atoms with Crippen molar-refractivity contribution in [1.82, 2.24) is 15.1 Å². The quantitative estimate of drug-likeness (QED) is 0.838.